The molecule has 0 saturated heterocycles. The number of hydrogen-bond donors (Lipinski definition) is 0. The van der Waals surface area contributed by atoms with Gasteiger partial charge in [0, 0.05) is 57.3 Å². The van der Waals surface area contributed by atoms with E-state index in [1.807, 2.05) is 34.3 Å². The molecule has 0 fully saturated rings. The highest BCUT2D eigenvalue weighted by molar-refractivity contribution is 7.65. The lowest BCUT2D eigenvalue weighted by Crippen LogP contribution is -2.29. The lowest BCUT2D eigenvalue weighted by atomic mass is 8.92. The fourth-order valence-corrected chi connectivity index (χ4v) is 1.37. The Kier molecular flexibility index (Phi) is 9.55. The van der Waals surface area contributed by atoms with Crippen molar-refractivity contribution < 1.29 is 0 Å². The monoisotopic (exact) mass is 204 g/mol. The van der Waals surface area contributed by atoms with E-state index in [-0.39, 0.29) is 0 Å². The van der Waals surface area contributed by atoms with Crippen molar-refractivity contribution in [2.75, 3.05) is 0 Å². The molecule has 0 unspecified atom stereocenters. The maximum atomic E-state index is 5.20. The van der Waals surface area contributed by atoms with Crippen molar-refractivity contribution in [2.45, 2.75) is 12.5 Å². The zero-order chi connectivity index (χ0) is 12.2. The van der Waals surface area contributed by atoms with Gasteiger partial charge in [0.25, 0.3) is 0 Å². The van der Waals surface area contributed by atoms with Crippen molar-refractivity contribution in [1.82, 2.24) is 0 Å². The van der Waals surface area contributed by atoms with Gasteiger partial charge in [0.1, 0.15) is 7.28 Å². The third-order valence-corrected chi connectivity index (χ3v) is 2.22. The smallest absolute Gasteiger partial charge is 0.106 e. The molecule has 0 aliphatic rings. The Bertz CT molecular complexity index is 267. The van der Waals surface area contributed by atoms with Crippen molar-refractivity contribution in [1.29, 1.82) is 0 Å². The Morgan fingerprint density at radius 1 is 0.882 bits per heavy atom. The standard InChI is InChI=1S/C8H9B9/c9-12-14-16-17-15-13-11-7-10-6-8-4-2-1-3-5-8/h1-5H,6-7H2. The number of rotatable bonds is 10. The minimum absolute atomic E-state index is 0.992. The maximum absolute atomic E-state index is 5.20. The molecular formula is C8H9B9. The van der Waals surface area contributed by atoms with Crippen LogP contribution in [0, 0.1) is 0 Å². The molecule has 9 heteroatoms. The normalized spacial score (nSPS) is 8.71. The summed E-state index contributed by atoms with van der Waals surface area (Å²) in [6.45, 7) is 0. The molecule has 17 heavy (non-hydrogen) atoms. The molecule has 0 N–H and O–H groups in total. The van der Waals surface area contributed by atoms with Crippen LogP contribution in [0.15, 0.2) is 30.3 Å². The highest BCUT2D eigenvalue weighted by Crippen LogP contribution is 1.98. The first kappa shape index (κ1) is 14.9. The first-order chi connectivity index (χ1) is 8.43. The summed E-state index contributed by atoms with van der Waals surface area (Å²) < 4.78 is 0. The first-order valence-electron chi connectivity index (χ1n) is 5.82. The van der Waals surface area contributed by atoms with Gasteiger partial charge in [-0.2, -0.15) is 0 Å². The molecule has 1 rings (SSSR count). The Balaban J connectivity index is 1.85. The summed E-state index contributed by atoms with van der Waals surface area (Å²) in [6, 6.07) is 10.5. The van der Waals surface area contributed by atoms with Crippen LogP contribution in [0.5, 0.6) is 0 Å². The molecule has 68 valence electrons. The van der Waals surface area contributed by atoms with E-state index in [9.17, 15) is 0 Å². The Hall–Kier alpha value is -0.196. The molecule has 0 nitrogen and oxygen atoms in total. The van der Waals surface area contributed by atoms with Crippen LogP contribution in [0.4, 0.5) is 0 Å². The second kappa shape index (κ2) is 10.9. The van der Waals surface area contributed by atoms with Crippen molar-refractivity contribution in [3.05, 3.63) is 35.9 Å². The minimum atomic E-state index is 0.992. The summed E-state index contributed by atoms with van der Waals surface area (Å²) >= 11 is 0. The Morgan fingerprint density at radius 3 is 2.35 bits per heavy atom. The molecule has 1 aromatic carbocycles. The quantitative estimate of drug-likeness (QED) is 0.329. The third-order valence-electron chi connectivity index (χ3n) is 2.22. The van der Waals surface area contributed by atoms with E-state index in [4.69, 9.17) is 7.74 Å². The van der Waals surface area contributed by atoms with E-state index in [0.717, 1.165) is 12.5 Å². The van der Waals surface area contributed by atoms with Gasteiger partial charge in [-0.3, -0.25) is 0 Å². The molecular weight excluding hydrogens is 193 g/mol. The summed E-state index contributed by atoms with van der Waals surface area (Å²) in [5.74, 6) is 0. The van der Waals surface area contributed by atoms with Crippen molar-refractivity contribution in [3.63, 3.8) is 0 Å². The van der Waals surface area contributed by atoms with Crippen LogP contribution in [0.25, 0.3) is 0 Å². The van der Waals surface area contributed by atoms with Gasteiger partial charge in [0.2, 0.25) is 0 Å². The van der Waals surface area contributed by atoms with E-state index < -0.39 is 0 Å². The van der Waals surface area contributed by atoms with Gasteiger partial charge >= 0.3 is 0 Å². The average Bonchev–Trinajstić information content (AvgIpc) is 2.38. The average molecular weight is 202 g/mol. The van der Waals surface area contributed by atoms with E-state index in [1.54, 1.807) is 7.06 Å². The summed E-state index contributed by atoms with van der Waals surface area (Å²) in [6.07, 6.45) is 2.02. The van der Waals surface area contributed by atoms with E-state index >= 15 is 0 Å². The van der Waals surface area contributed by atoms with Crippen molar-refractivity contribution >= 4 is 64.6 Å². The largest absolute Gasteiger partial charge is 0.114 e. The third kappa shape index (κ3) is 8.52. The van der Waals surface area contributed by atoms with Gasteiger partial charge < -0.3 is 0 Å². The zero-order valence-corrected chi connectivity index (χ0v) is 10.00. The Labute approximate surface area is 113 Å². The van der Waals surface area contributed by atoms with Gasteiger partial charge in [0.15, 0.2) is 0 Å². The van der Waals surface area contributed by atoms with Crippen LogP contribution in [0.2, 0.25) is 6.22 Å². The molecule has 0 aromatic heterocycles. The fraction of sp³-hybridized carbons (Fsp3) is 0.250. The van der Waals surface area contributed by atoms with Gasteiger partial charge in [-0.15, -0.1) is 6.22 Å². The van der Waals surface area contributed by atoms with Crippen molar-refractivity contribution in [3.8, 4) is 0 Å². The van der Waals surface area contributed by atoms with E-state index in [1.165, 1.54) is 12.6 Å². The van der Waals surface area contributed by atoms with Crippen LogP contribution in [0.1, 0.15) is 5.56 Å². The Morgan fingerprint density at radius 2 is 1.59 bits per heavy atom. The molecule has 0 aliphatic carbocycles. The van der Waals surface area contributed by atoms with Crippen LogP contribution < -0.4 is 0 Å². The molecule has 1 aromatic rings. The van der Waals surface area contributed by atoms with Gasteiger partial charge in [0.05, 0.1) is 0 Å². The van der Waals surface area contributed by atoms with E-state index in [0.29, 0.717) is 0 Å². The predicted octanol–water partition coefficient (Wildman–Crippen LogP) is -1.23. The number of benzene rings is 1. The maximum Gasteiger partial charge on any atom is 0.106 e. The van der Waals surface area contributed by atoms with Gasteiger partial charge in [-0.1, -0.05) is 42.2 Å². The van der Waals surface area contributed by atoms with Crippen molar-refractivity contribution in [2.24, 2.45) is 0 Å². The minimum Gasteiger partial charge on any atom is -0.114 e. The topological polar surface area (TPSA) is 0 Å². The molecule has 0 spiro atoms. The molecule has 0 amide bonds. The molecule has 0 bridgehead atoms. The lowest BCUT2D eigenvalue weighted by Gasteiger charge is -1.99. The lowest BCUT2D eigenvalue weighted by molar-refractivity contribution is 1.38. The van der Waals surface area contributed by atoms with Crippen LogP contribution >= 0.6 is 0 Å². The summed E-state index contributed by atoms with van der Waals surface area (Å²) in [4.78, 5) is 0. The molecule has 10 radical (unpaired) electrons. The first-order valence-corrected chi connectivity index (χ1v) is 5.82. The SMILES string of the molecule is [B][B][B][B][B][B][B][B]C[B]Cc1ccccc1. The van der Waals surface area contributed by atoms with Crippen LogP contribution in [0.3, 0.4) is 0 Å². The summed E-state index contributed by atoms with van der Waals surface area (Å²) in [5.41, 5.74) is 1.36. The fourth-order valence-electron chi connectivity index (χ4n) is 1.37. The summed E-state index contributed by atoms with van der Waals surface area (Å²) in [7, 11) is 20.8. The highest BCUT2D eigenvalue weighted by atomic mass is 13.8. The van der Waals surface area contributed by atoms with E-state index in [2.05, 4.69) is 38.7 Å². The molecule has 0 atom stereocenters. The molecule has 0 heterocycles. The summed E-state index contributed by atoms with van der Waals surface area (Å²) in [5, 5.41) is 0. The van der Waals surface area contributed by atoms with Crippen LogP contribution in [-0.2, 0) is 6.32 Å². The number of hydrogen-bond acceptors (Lipinski definition) is 0. The molecule has 0 saturated carbocycles. The molecule has 0 aliphatic heterocycles. The second-order valence-corrected chi connectivity index (χ2v) is 3.60. The van der Waals surface area contributed by atoms with Gasteiger partial charge in [-0.05, 0) is 0 Å². The predicted molar refractivity (Wildman–Crippen MR) is 86.7 cm³/mol. The highest BCUT2D eigenvalue weighted by Gasteiger charge is 1.97. The zero-order valence-electron chi connectivity index (χ0n) is 10.00. The van der Waals surface area contributed by atoms with Crippen LogP contribution in [-0.4, -0.2) is 64.6 Å². The second-order valence-electron chi connectivity index (χ2n) is 3.60. The van der Waals surface area contributed by atoms with Gasteiger partial charge in [-0.25, -0.2) is 0 Å².